The Labute approximate surface area is 119 Å². The number of hydrogen-bond donors (Lipinski definition) is 3. The number of carbonyl (C=O) groups is 3. The summed E-state index contributed by atoms with van der Waals surface area (Å²) in [6.07, 6.45) is 0. The maximum atomic E-state index is 11.0. The molecule has 1 amide bonds. The summed E-state index contributed by atoms with van der Waals surface area (Å²) in [7, 11) is 0. The number of carboxylic acid groups (broad SMARTS) is 2. The molecule has 7 nitrogen and oxygen atoms in total. The summed E-state index contributed by atoms with van der Waals surface area (Å²) in [4.78, 5) is 33.5. The van der Waals surface area contributed by atoms with Crippen molar-refractivity contribution in [2.24, 2.45) is 5.73 Å². The van der Waals surface area contributed by atoms with Crippen LogP contribution in [0.15, 0.2) is 18.2 Å². The van der Waals surface area contributed by atoms with E-state index in [9.17, 15) is 14.4 Å². The van der Waals surface area contributed by atoms with Crippen molar-refractivity contribution in [3.63, 3.8) is 0 Å². The monoisotopic (exact) mass is 300 g/mol. The molecule has 0 fully saturated rings. The van der Waals surface area contributed by atoms with Gasteiger partial charge in [-0.3, -0.25) is 19.3 Å². The molecule has 0 saturated heterocycles. The Morgan fingerprint density at radius 3 is 2.10 bits per heavy atom. The molecule has 1 aromatic carbocycles. The third-order valence-corrected chi connectivity index (χ3v) is 2.80. The van der Waals surface area contributed by atoms with E-state index in [4.69, 9.17) is 27.5 Å². The van der Waals surface area contributed by atoms with Gasteiger partial charge in [-0.05, 0) is 17.7 Å². The number of nitrogens with two attached hydrogens (primary N) is 1. The lowest BCUT2D eigenvalue weighted by Crippen LogP contribution is -2.34. The van der Waals surface area contributed by atoms with Crippen LogP contribution in [0.3, 0.4) is 0 Å². The van der Waals surface area contributed by atoms with Crippen LogP contribution in [0.4, 0.5) is 0 Å². The van der Waals surface area contributed by atoms with Crippen LogP contribution in [0.25, 0.3) is 0 Å². The summed E-state index contributed by atoms with van der Waals surface area (Å²) in [6, 6.07) is 4.32. The van der Waals surface area contributed by atoms with Gasteiger partial charge in [0.05, 0.1) is 13.1 Å². The Morgan fingerprint density at radius 2 is 1.70 bits per heavy atom. The van der Waals surface area contributed by atoms with Crippen molar-refractivity contribution >= 4 is 29.4 Å². The molecule has 0 radical (unpaired) electrons. The minimum absolute atomic E-state index is 0.0382. The summed E-state index contributed by atoms with van der Waals surface area (Å²) >= 11 is 5.96. The van der Waals surface area contributed by atoms with E-state index in [0.29, 0.717) is 5.56 Å². The van der Waals surface area contributed by atoms with Crippen molar-refractivity contribution in [2.45, 2.75) is 6.54 Å². The number of hydrogen-bond acceptors (Lipinski definition) is 4. The maximum absolute atomic E-state index is 11.0. The van der Waals surface area contributed by atoms with Gasteiger partial charge in [0.15, 0.2) is 0 Å². The van der Waals surface area contributed by atoms with Crippen molar-refractivity contribution in [3.8, 4) is 0 Å². The second-order valence-electron chi connectivity index (χ2n) is 4.10. The number of aliphatic carboxylic acids is 2. The van der Waals surface area contributed by atoms with Gasteiger partial charge in [-0.2, -0.15) is 0 Å². The van der Waals surface area contributed by atoms with Gasteiger partial charge >= 0.3 is 11.9 Å². The topological polar surface area (TPSA) is 121 Å². The van der Waals surface area contributed by atoms with Gasteiger partial charge in [0.2, 0.25) is 5.91 Å². The van der Waals surface area contributed by atoms with Gasteiger partial charge in [-0.15, -0.1) is 0 Å². The summed E-state index contributed by atoms with van der Waals surface area (Å²) in [5.74, 6) is -2.92. The number of amides is 1. The minimum atomic E-state index is -1.14. The number of nitrogens with zero attached hydrogens (tertiary/aromatic N) is 1. The molecule has 0 heterocycles. The Balaban J connectivity index is 2.90. The van der Waals surface area contributed by atoms with E-state index in [0.717, 1.165) is 0 Å². The summed E-state index contributed by atoms with van der Waals surface area (Å²) in [5.41, 5.74) is 5.84. The predicted octanol–water partition coefficient (Wildman–Crippen LogP) is 0.410. The highest BCUT2D eigenvalue weighted by atomic mass is 35.5. The molecule has 0 aliphatic rings. The van der Waals surface area contributed by atoms with E-state index in [1.54, 1.807) is 0 Å². The fourth-order valence-corrected chi connectivity index (χ4v) is 1.86. The molecule has 0 saturated carbocycles. The highest BCUT2D eigenvalue weighted by Crippen LogP contribution is 2.19. The fraction of sp³-hybridized carbons (Fsp3) is 0.250. The average molecular weight is 301 g/mol. The molecular weight excluding hydrogens is 288 g/mol. The van der Waals surface area contributed by atoms with E-state index in [2.05, 4.69) is 0 Å². The summed E-state index contributed by atoms with van der Waals surface area (Å²) in [6.45, 7) is -0.823. The molecule has 0 aliphatic heterocycles. The Bertz CT molecular complexity index is 531. The van der Waals surface area contributed by atoms with Gasteiger partial charge < -0.3 is 15.9 Å². The van der Waals surface area contributed by atoms with Crippen LogP contribution in [0.2, 0.25) is 5.02 Å². The van der Waals surface area contributed by atoms with Crippen molar-refractivity contribution in [1.29, 1.82) is 0 Å². The number of carboxylic acids is 2. The minimum Gasteiger partial charge on any atom is -0.480 e. The number of carbonyl (C=O) groups excluding carboxylic acids is 1. The molecule has 0 aromatic heterocycles. The zero-order valence-electron chi connectivity index (χ0n) is 10.4. The normalized spacial score (nSPS) is 10.5. The SMILES string of the molecule is NC(=O)c1ccc(CN(CC(=O)O)CC(=O)O)c(Cl)c1. The van der Waals surface area contributed by atoms with Gasteiger partial charge in [-0.25, -0.2) is 0 Å². The standard InChI is InChI=1S/C12H13ClN2O5/c13-9-3-7(12(14)20)1-2-8(9)4-15(5-10(16)17)6-11(18)19/h1-3H,4-6H2,(H2,14,20)(H,16,17)(H,18,19). The molecule has 1 aromatic rings. The summed E-state index contributed by atoms with van der Waals surface area (Å²) in [5, 5.41) is 17.7. The molecule has 20 heavy (non-hydrogen) atoms. The van der Waals surface area contributed by atoms with Crippen molar-refractivity contribution in [1.82, 2.24) is 4.90 Å². The average Bonchev–Trinajstić information content (AvgIpc) is 2.29. The largest absolute Gasteiger partial charge is 0.480 e. The van der Waals surface area contributed by atoms with E-state index in [1.807, 2.05) is 0 Å². The molecule has 4 N–H and O–H groups in total. The molecule has 1 rings (SSSR count). The van der Waals surface area contributed by atoms with Gasteiger partial charge in [0.1, 0.15) is 0 Å². The smallest absolute Gasteiger partial charge is 0.317 e. The van der Waals surface area contributed by atoms with Crippen LogP contribution in [0, 0.1) is 0 Å². The molecule has 0 spiro atoms. The fourth-order valence-electron chi connectivity index (χ4n) is 1.62. The lowest BCUT2D eigenvalue weighted by molar-refractivity contribution is -0.142. The van der Waals surface area contributed by atoms with Crippen LogP contribution in [0.5, 0.6) is 0 Å². The first-order valence-electron chi connectivity index (χ1n) is 5.53. The highest BCUT2D eigenvalue weighted by molar-refractivity contribution is 6.31. The zero-order chi connectivity index (χ0) is 15.3. The molecule has 0 aliphatic carbocycles. The number of rotatable bonds is 7. The van der Waals surface area contributed by atoms with Gasteiger partial charge in [-0.1, -0.05) is 17.7 Å². The summed E-state index contributed by atoms with van der Waals surface area (Å²) < 4.78 is 0. The van der Waals surface area contributed by atoms with E-state index < -0.39 is 30.9 Å². The molecular formula is C12H13ClN2O5. The first kappa shape index (κ1) is 15.9. The van der Waals surface area contributed by atoms with Crippen LogP contribution < -0.4 is 5.73 Å². The Morgan fingerprint density at radius 1 is 1.15 bits per heavy atom. The molecule has 0 unspecified atom stereocenters. The highest BCUT2D eigenvalue weighted by Gasteiger charge is 2.16. The molecule has 8 heteroatoms. The third kappa shape index (κ3) is 4.87. The van der Waals surface area contributed by atoms with E-state index in [1.165, 1.54) is 23.1 Å². The number of halogens is 1. The van der Waals surface area contributed by atoms with Crippen molar-refractivity contribution in [2.75, 3.05) is 13.1 Å². The number of primary amides is 1. The second kappa shape index (κ2) is 6.88. The quantitative estimate of drug-likeness (QED) is 0.670. The molecule has 0 bridgehead atoms. The zero-order valence-corrected chi connectivity index (χ0v) is 11.1. The first-order chi connectivity index (χ1) is 9.29. The maximum Gasteiger partial charge on any atom is 0.317 e. The van der Waals surface area contributed by atoms with E-state index >= 15 is 0 Å². The first-order valence-corrected chi connectivity index (χ1v) is 5.91. The Kier molecular flexibility index (Phi) is 5.48. The third-order valence-electron chi connectivity index (χ3n) is 2.45. The van der Waals surface area contributed by atoms with Crippen LogP contribution in [-0.4, -0.2) is 46.0 Å². The van der Waals surface area contributed by atoms with Crippen LogP contribution in [0.1, 0.15) is 15.9 Å². The molecule has 108 valence electrons. The Hall–Kier alpha value is -2.12. The van der Waals surface area contributed by atoms with Crippen LogP contribution >= 0.6 is 11.6 Å². The second-order valence-corrected chi connectivity index (χ2v) is 4.51. The lowest BCUT2D eigenvalue weighted by Gasteiger charge is -2.18. The lowest BCUT2D eigenvalue weighted by atomic mass is 10.1. The van der Waals surface area contributed by atoms with Gasteiger partial charge in [0, 0.05) is 17.1 Å². The van der Waals surface area contributed by atoms with Crippen molar-refractivity contribution < 1.29 is 24.6 Å². The van der Waals surface area contributed by atoms with Gasteiger partial charge in [0.25, 0.3) is 0 Å². The van der Waals surface area contributed by atoms with Crippen LogP contribution in [-0.2, 0) is 16.1 Å². The van der Waals surface area contributed by atoms with Crippen molar-refractivity contribution in [3.05, 3.63) is 34.3 Å². The number of benzene rings is 1. The van der Waals surface area contributed by atoms with E-state index in [-0.39, 0.29) is 17.1 Å². The molecule has 0 atom stereocenters. The predicted molar refractivity (Wildman–Crippen MR) is 70.5 cm³/mol.